The molecule has 7 heteroatoms. The standard InChI is InChI=1S/C18H19N5O2/c1-3-4-16-21-17-10-9-15(11-23(17)22-16)20-18(25)13-5-7-14(8-6-13)19-12(2)24/h5-11H,3-4H2,1-2H3,(H,19,24)(H,20,25). The Labute approximate surface area is 145 Å². The average molecular weight is 337 g/mol. The number of aromatic nitrogens is 3. The van der Waals surface area contributed by atoms with Crippen molar-refractivity contribution < 1.29 is 9.59 Å². The van der Waals surface area contributed by atoms with Gasteiger partial charge in [-0.2, -0.15) is 5.10 Å². The van der Waals surface area contributed by atoms with Crippen LogP contribution >= 0.6 is 0 Å². The van der Waals surface area contributed by atoms with Crippen molar-refractivity contribution in [2.75, 3.05) is 10.6 Å². The minimum absolute atomic E-state index is 0.152. The van der Waals surface area contributed by atoms with Crippen LogP contribution in [0.3, 0.4) is 0 Å². The minimum atomic E-state index is -0.234. The van der Waals surface area contributed by atoms with Crippen LogP contribution in [-0.2, 0) is 11.2 Å². The fourth-order valence-electron chi connectivity index (χ4n) is 2.44. The van der Waals surface area contributed by atoms with E-state index in [0.717, 1.165) is 24.3 Å². The summed E-state index contributed by atoms with van der Waals surface area (Å²) in [6.07, 6.45) is 3.55. The molecule has 0 saturated carbocycles. The first-order valence-corrected chi connectivity index (χ1v) is 8.09. The maximum atomic E-state index is 12.3. The molecule has 3 rings (SSSR count). The summed E-state index contributed by atoms with van der Waals surface area (Å²) in [5, 5.41) is 9.90. The van der Waals surface area contributed by atoms with Gasteiger partial charge in [-0.1, -0.05) is 6.92 Å². The molecular weight excluding hydrogens is 318 g/mol. The summed E-state index contributed by atoms with van der Waals surface area (Å²) >= 11 is 0. The molecule has 1 aromatic carbocycles. The summed E-state index contributed by atoms with van der Waals surface area (Å²) in [4.78, 5) is 27.8. The van der Waals surface area contributed by atoms with Crippen molar-refractivity contribution in [3.05, 3.63) is 54.0 Å². The largest absolute Gasteiger partial charge is 0.326 e. The van der Waals surface area contributed by atoms with Gasteiger partial charge in [0.1, 0.15) is 0 Å². The van der Waals surface area contributed by atoms with Gasteiger partial charge in [-0.25, -0.2) is 9.50 Å². The molecule has 3 aromatic rings. The molecular formula is C18H19N5O2. The highest BCUT2D eigenvalue weighted by Gasteiger charge is 2.08. The van der Waals surface area contributed by atoms with Gasteiger partial charge < -0.3 is 10.6 Å². The number of amides is 2. The number of carbonyl (C=O) groups is 2. The van der Waals surface area contributed by atoms with Crippen LogP contribution in [0.1, 0.15) is 36.5 Å². The van der Waals surface area contributed by atoms with Crippen molar-refractivity contribution >= 4 is 28.8 Å². The second kappa shape index (κ2) is 7.12. The molecule has 0 fully saturated rings. The molecule has 2 heterocycles. The molecule has 2 aromatic heterocycles. The number of hydrogen-bond donors (Lipinski definition) is 2. The number of carbonyl (C=O) groups excluding carboxylic acids is 2. The van der Waals surface area contributed by atoms with Gasteiger partial charge in [-0.15, -0.1) is 0 Å². The third kappa shape index (κ3) is 4.00. The lowest BCUT2D eigenvalue weighted by Crippen LogP contribution is -2.12. The Balaban J connectivity index is 1.73. The van der Waals surface area contributed by atoms with E-state index in [1.165, 1.54) is 6.92 Å². The second-order valence-corrected chi connectivity index (χ2v) is 5.71. The van der Waals surface area contributed by atoms with Crippen molar-refractivity contribution in [2.45, 2.75) is 26.7 Å². The molecule has 0 bridgehead atoms. The van der Waals surface area contributed by atoms with E-state index in [2.05, 4.69) is 27.6 Å². The fourth-order valence-corrected chi connectivity index (χ4v) is 2.44. The lowest BCUT2D eigenvalue weighted by molar-refractivity contribution is -0.114. The number of benzene rings is 1. The van der Waals surface area contributed by atoms with Crippen molar-refractivity contribution in [1.82, 2.24) is 14.6 Å². The zero-order valence-electron chi connectivity index (χ0n) is 14.1. The Kier molecular flexibility index (Phi) is 4.74. The van der Waals surface area contributed by atoms with E-state index in [1.54, 1.807) is 41.0 Å². The van der Waals surface area contributed by atoms with Crippen molar-refractivity contribution in [3.63, 3.8) is 0 Å². The van der Waals surface area contributed by atoms with Gasteiger partial charge in [-0.3, -0.25) is 9.59 Å². The van der Waals surface area contributed by atoms with Gasteiger partial charge in [0, 0.05) is 24.6 Å². The number of aryl methyl sites for hydroxylation is 1. The molecule has 2 amide bonds. The second-order valence-electron chi connectivity index (χ2n) is 5.71. The molecule has 0 atom stereocenters. The van der Waals surface area contributed by atoms with Gasteiger partial charge in [0.05, 0.1) is 11.9 Å². The van der Waals surface area contributed by atoms with E-state index >= 15 is 0 Å². The zero-order chi connectivity index (χ0) is 17.8. The van der Waals surface area contributed by atoms with Gasteiger partial charge in [0.15, 0.2) is 11.5 Å². The third-order valence-corrected chi connectivity index (χ3v) is 3.57. The van der Waals surface area contributed by atoms with Crippen LogP contribution < -0.4 is 10.6 Å². The predicted molar refractivity (Wildman–Crippen MR) is 95.7 cm³/mol. The number of nitrogens with one attached hydrogen (secondary N) is 2. The van der Waals surface area contributed by atoms with E-state index < -0.39 is 0 Å². The van der Waals surface area contributed by atoms with Gasteiger partial charge in [0.2, 0.25) is 5.91 Å². The molecule has 7 nitrogen and oxygen atoms in total. The van der Waals surface area contributed by atoms with Crippen molar-refractivity contribution in [2.24, 2.45) is 0 Å². The number of fused-ring (bicyclic) bond motifs is 1. The van der Waals surface area contributed by atoms with Crippen molar-refractivity contribution in [1.29, 1.82) is 0 Å². The topological polar surface area (TPSA) is 88.4 Å². The normalized spacial score (nSPS) is 10.6. The Hall–Kier alpha value is -3.22. The molecule has 0 radical (unpaired) electrons. The highest BCUT2D eigenvalue weighted by Crippen LogP contribution is 2.14. The third-order valence-electron chi connectivity index (χ3n) is 3.57. The Morgan fingerprint density at radius 3 is 2.44 bits per heavy atom. The molecule has 0 aliphatic carbocycles. The number of pyridine rings is 1. The summed E-state index contributed by atoms with van der Waals surface area (Å²) in [7, 11) is 0. The van der Waals surface area contributed by atoms with Crippen LogP contribution in [0.15, 0.2) is 42.6 Å². The lowest BCUT2D eigenvalue weighted by atomic mass is 10.2. The maximum absolute atomic E-state index is 12.3. The molecule has 0 spiro atoms. The van der Waals surface area contributed by atoms with Gasteiger partial charge >= 0.3 is 0 Å². The van der Waals surface area contributed by atoms with E-state index in [-0.39, 0.29) is 11.8 Å². The zero-order valence-corrected chi connectivity index (χ0v) is 14.1. The first-order valence-electron chi connectivity index (χ1n) is 8.09. The molecule has 0 saturated heterocycles. The molecule has 128 valence electrons. The minimum Gasteiger partial charge on any atom is -0.326 e. The summed E-state index contributed by atoms with van der Waals surface area (Å²) < 4.78 is 1.67. The van der Waals surface area contributed by atoms with Gasteiger partial charge in [0.25, 0.3) is 5.91 Å². The number of anilines is 2. The van der Waals surface area contributed by atoms with Crippen LogP contribution in [0.2, 0.25) is 0 Å². The molecule has 0 unspecified atom stereocenters. The first-order chi connectivity index (χ1) is 12.0. The smallest absolute Gasteiger partial charge is 0.255 e. The highest BCUT2D eigenvalue weighted by atomic mass is 16.2. The number of hydrogen-bond acceptors (Lipinski definition) is 4. The predicted octanol–water partition coefficient (Wildman–Crippen LogP) is 2.89. The summed E-state index contributed by atoms with van der Waals surface area (Å²) in [5.41, 5.74) is 2.54. The van der Waals surface area contributed by atoms with Crippen LogP contribution in [0.4, 0.5) is 11.4 Å². The number of rotatable bonds is 5. The SMILES string of the molecule is CCCc1nc2ccc(NC(=O)c3ccc(NC(C)=O)cc3)cn2n1. The van der Waals surface area contributed by atoms with Crippen molar-refractivity contribution in [3.8, 4) is 0 Å². The Bertz CT molecular complexity index is 915. The van der Waals surface area contributed by atoms with Crippen LogP contribution in [0.5, 0.6) is 0 Å². The highest BCUT2D eigenvalue weighted by molar-refractivity contribution is 6.04. The molecule has 25 heavy (non-hydrogen) atoms. The van der Waals surface area contributed by atoms with Crippen LogP contribution in [0.25, 0.3) is 5.65 Å². The lowest BCUT2D eigenvalue weighted by Gasteiger charge is -2.07. The van der Waals surface area contributed by atoms with Gasteiger partial charge in [-0.05, 0) is 42.8 Å². The summed E-state index contributed by atoms with van der Waals surface area (Å²) in [5.74, 6) is 0.405. The summed E-state index contributed by atoms with van der Waals surface area (Å²) in [6.45, 7) is 3.52. The first kappa shape index (κ1) is 16.6. The van der Waals surface area contributed by atoms with E-state index in [4.69, 9.17) is 0 Å². The summed E-state index contributed by atoms with van der Waals surface area (Å²) in [6, 6.07) is 10.3. The molecule has 2 N–H and O–H groups in total. The van der Waals surface area contributed by atoms with Crippen LogP contribution in [-0.4, -0.2) is 26.4 Å². The maximum Gasteiger partial charge on any atom is 0.255 e. The fraction of sp³-hybridized carbons (Fsp3) is 0.222. The number of nitrogens with zero attached hydrogens (tertiary/aromatic N) is 3. The average Bonchev–Trinajstić information content (AvgIpc) is 2.97. The van der Waals surface area contributed by atoms with E-state index in [9.17, 15) is 9.59 Å². The van der Waals surface area contributed by atoms with Crippen LogP contribution in [0, 0.1) is 0 Å². The quantitative estimate of drug-likeness (QED) is 0.749. The van der Waals surface area contributed by atoms with E-state index in [1.807, 2.05) is 6.07 Å². The molecule has 0 aliphatic rings. The monoisotopic (exact) mass is 337 g/mol. The van der Waals surface area contributed by atoms with E-state index in [0.29, 0.717) is 16.9 Å². The Morgan fingerprint density at radius 2 is 1.76 bits per heavy atom. The molecule has 0 aliphatic heterocycles. The Morgan fingerprint density at radius 1 is 1.04 bits per heavy atom.